The number of nitrogens with zero attached hydrogens (tertiary/aromatic N) is 2. The Bertz CT molecular complexity index is 1600. The van der Waals surface area contributed by atoms with Crippen molar-refractivity contribution in [2.24, 2.45) is 0 Å². The standard InChI is InChI=1S/C29H26FN3O5/c30-22-16-20-26-28(25(22)31-9-4-10-32-11-13-37-14-12-32)38-24-8-7-19(18-5-2-1-3-6-18)15-23(24)33(26)17-21(27(20)34)29(35)36/h1-3,5-8,15-17,31H,4,9-14H2,(H,35,36). The highest BCUT2D eigenvalue weighted by atomic mass is 19.1. The fourth-order valence-electron chi connectivity index (χ4n) is 5.09. The van der Waals surface area contributed by atoms with Gasteiger partial charge in [-0.25, -0.2) is 9.18 Å². The molecule has 38 heavy (non-hydrogen) atoms. The van der Waals surface area contributed by atoms with Gasteiger partial charge >= 0.3 is 5.97 Å². The first-order valence-electron chi connectivity index (χ1n) is 12.6. The molecule has 194 valence electrons. The van der Waals surface area contributed by atoms with E-state index >= 15 is 4.39 Å². The van der Waals surface area contributed by atoms with Gasteiger partial charge in [0.2, 0.25) is 5.43 Å². The lowest BCUT2D eigenvalue weighted by atomic mass is 10.0. The number of carboxylic acids is 1. The molecule has 0 amide bonds. The molecule has 0 bridgehead atoms. The lowest BCUT2D eigenvalue weighted by molar-refractivity contribution is 0.0378. The Hall–Kier alpha value is -4.21. The average Bonchev–Trinajstić information content (AvgIpc) is 2.94. The number of carbonyl (C=O) groups is 1. The number of benzene rings is 3. The highest BCUT2D eigenvalue weighted by molar-refractivity contribution is 5.99. The van der Waals surface area contributed by atoms with Crippen LogP contribution in [0.2, 0.25) is 0 Å². The monoisotopic (exact) mass is 515 g/mol. The Balaban J connectivity index is 1.43. The lowest BCUT2D eigenvalue weighted by Gasteiger charge is -2.27. The van der Waals surface area contributed by atoms with Gasteiger partial charge in [-0.3, -0.25) is 9.69 Å². The van der Waals surface area contributed by atoms with Crippen LogP contribution in [0.4, 0.5) is 10.1 Å². The fraction of sp³-hybridized carbons (Fsp3) is 0.241. The van der Waals surface area contributed by atoms with Crippen LogP contribution in [-0.2, 0) is 4.74 Å². The minimum absolute atomic E-state index is 0.0490. The number of fused-ring (bicyclic) bond motifs is 2. The summed E-state index contributed by atoms with van der Waals surface area (Å²) in [6.07, 6.45) is 2.07. The van der Waals surface area contributed by atoms with E-state index < -0.39 is 22.8 Å². The van der Waals surface area contributed by atoms with Gasteiger partial charge in [-0.05, 0) is 42.3 Å². The molecular formula is C29H26FN3O5. The summed E-state index contributed by atoms with van der Waals surface area (Å²) in [4.78, 5) is 27.3. The Morgan fingerprint density at radius 1 is 1.05 bits per heavy atom. The third-order valence-corrected chi connectivity index (χ3v) is 7.02. The van der Waals surface area contributed by atoms with Crippen molar-refractivity contribution in [1.29, 1.82) is 0 Å². The number of carboxylic acid groups (broad SMARTS) is 1. The normalized spacial score (nSPS) is 14.7. The molecule has 1 aromatic heterocycles. The van der Waals surface area contributed by atoms with Crippen molar-refractivity contribution in [2.45, 2.75) is 6.42 Å². The summed E-state index contributed by atoms with van der Waals surface area (Å²) in [6.45, 7) is 4.52. The lowest BCUT2D eigenvalue weighted by Crippen LogP contribution is -2.37. The molecule has 8 nitrogen and oxygen atoms in total. The summed E-state index contributed by atoms with van der Waals surface area (Å²) in [5, 5.41) is 12.8. The number of pyridine rings is 1. The van der Waals surface area contributed by atoms with Crippen LogP contribution < -0.4 is 15.5 Å². The fourth-order valence-corrected chi connectivity index (χ4v) is 5.09. The quantitative estimate of drug-likeness (QED) is 0.303. The van der Waals surface area contributed by atoms with E-state index in [2.05, 4.69) is 10.2 Å². The van der Waals surface area contributed by atoms with E-state index in [-0.39, 0.29) is 16.8 Å². The molecular weight excluding hydrogens is 489 g/mol. The second-order valence-electron chi connectivity index (χ2n) is 9.39. The average molecular weight is 516 g/mol. The second-order valence-corrected chi connectivity index (χ2v) is 9.39. The molecule has 0 radical (unpaired) electrons. The molecule has 3 aromatic carbocycles. The van der Waals surface area contributed by atoms with E-state index in [1.54, 1.807) is 10.6 Å². The summed E-state index contributed by atoms with van der Waals surface area (Å²) < 4.78 is 28.6. The molecule has 6 rings (SSSR count). The maximum absolute atomic E-state index is 15.4. The second kappa shape index (κ2) is 9.92. The molecule has 2 aliphatic rings. The number of halogens is 1. The van der Waals surface area contributed by atoms with Crippen molar-refractivity contribution < 1.29 is 23.8 Å². The minimum Gasteiger partial charge on any atom is -0.477 e. The summed E-state index contributed by atoms with van der Waals surface area (Å²) >= 11 is 0. The van der Waals surface area contributed by atoms with Gasteiger partial charge in [0.25, 0.3) is 0 Å². The number of morpholine rings is 1. The highest BCUT2D eigenvalue weighted by Crippen LogP contribution is 2.46. The van der Waals surface area contributed by atoms with Crippen molar-refractivity contribution in [3.05, 3.63) is 82.4 Å². The van der Waals surface area contributed by atoms with Crippen LogP contribution in [0.1, 0.15) is 16.8 Å². The topological polar surface area (TPSA) is 93.0 Å². The molecule has 0 atom stereocenters. The van der Waals surface area contributed by atoms with Crippen LogP contribution in [0.3, 0.4) is 0 Å². The molecule has 0 saturated carbocycles. The minimum atomic E-state index is -1.37. The maximum atomic E-state index is 15.4. The molecule has 3 heterocycles. The first-order chi connectivity index (χ1) is 18.5. The first-order valence-corrected chi connectivity index (χ1v) is 12.6. The molecule has 9 heteroatoms. The van der Waals surface area contributed by atoms with Crippen LogP contribution in [-0.4, -0.2) is 59.9 Å². The third-order valence-electron chi connectivity index (χ3n) is 7.02. The number of aromatic nitrogens is 1. The van der Waals surface area contributed by atoms with Gasteiger partial charge in [0, 0.05) is 25.8 Å². The van der Waals surface area contributed by atoms with Crippen molar-refractivity contribution >= 4 is 22.6 Å². The van der Waals surface area contributed by atoms with Crippen molar-refractivity contribution in [3.8, 4) is 28.3 Å². The van der Waals surface area contributed by atoms with Crippen LogP contribution in [0.5, 0.6) is 11.5 Å². The number of ether oxygens (including phenoxy) is 2. The van der Waals surface area contributed by atoms with Gasteiger partial charge in [-0.2, -0.15) is 0 Å². The van der Waals surface area contributed by atoms with Gasteiger partial charge in [0.05, 0.1) is 24.3 Å². The van der Waals surface area contributed by atoms with Crippen LogP contribution in [0.25, 0.3) is 27.7 Å². The molecule has 1 saturated heterocycles. The van der Waals surface area contributed by atoms with E-state index in [0.717, 1.165) is 43.2 Å². The third kappa shape index (κ3) is 4.29. The number of aromatic carboxylic acids is 1. The zero-order valence-electron chi connectivity index (χ0n) is 20.6. The number of hydrogen-bond acceptors (Lipinski definition) is 6. The van der Waals surface area contributed by atoms with E-state index in [1.807, 2.05) is 42.5 Å². The highest BCUT2D eigenvalue weighted by Gasteiger charge is 2.28. The van der Waals surface area contributed by atoms with Crippen molar-refractivity contribution in [1.82, 2.24) is 9.47 Å². The summed E-state index contributed by atoms with van der Waals surface area (Å²) in [5.41, 5.74) is 1.71. The predicted molar refractivity (Wildman–Crippen MR) is 142 cm³/mol. The molecule has 2 aliphatic heterocycles. The molecule has 0 unspecified atom stereocenters. The number of rotatable bonds is 7. The van der Waals surface area contributed by atoms with Gasteiger partial charge in [0.15, 0.2) is 17.3 Å². The Kier molecular flexibility index (Phi) is 6.30. The predicted octanol–water partition coefficient (Wildman–Crippen LogP) is 4.73. The maximum Gasteiger partial charge on any atom is 0.341 e. The number of anilines is 1. The van der Waals surface area contributed by atoms with E-state index in [4.69, 9.17) is 9.47 Å². The van der Waals surface area contributed by atoms with E-state index in [0.29, 0.717) is 36.7 Å². The molecule has 0 spiro atoms. The summed E-state index contributed by atoms with van der Waals surface area (Å²) in [6, 6.07) is 16.4. The zero-order chi connectivity index (χ0) is 26.2. The Morgan fingerprint density at radius 2 is 1.84 bits per heavy atom. The summed E-state index contributed by atoms with van der Waals surface area (Å²) in [5.74, 6) is -1.45. The SMILES string of the molecule is O=C(O)c1cn2c3c(c(NCCCN4CCOCC4)c(F)cc3c1=O)Oc1ccc(-c3ccccc3)cc1-2. The molecule has 2 N–H and O–H groups in total. The largest absolute Gasteiger partial charge is 0.477 e. The smallest absolute Gasteiger partial charge is 0.341 e. The van der Waals surface area contributed by atoms with Crippen LogP contribution in [0, 0.1) is 5.82 Å². The Morgan fingerprint density at radius 3 is 2.61 bits per heavy atom. The zero-order valence-corrected chi connectivity index (χ0v) is 20.6. The number of hydrogen-bond donors (Lipinski definition) is 2. The molecule has 1 fully saturated rings. The van der Waals surface area contributed by atoms with Gasteiger partial charge in [-0.15, -0.1) is 0 Å². The number of nitrogens with one attached hydrogen (secondary N) is 1. The molecule has 4 aromatic rings. The van der Waals surface area contributed by atoms with Crippen LogP contribution >= 0.6 is 0 Å². The summed E-state index contributed by atoms with van der Waals surface area (Å²) in [7, 11) is 0. The Labute approximate surface area is 217 Å². The van der Waals surface area contributed by atoms with E-state index in [1.165, 1.54) is 6.20 Å². The van der Waals surface area contributed by atoms with Crippen LogP contribution in [0.15, 0.2) is 65.6 Å². The van der Waals surface area contributed by atoms with Crippen molar-refractivity contribution in [3.63, 3.8) is 0 Å². The van der Waals surface area contributed by atoms with Gasteiger partial charge in [0.1, 0.15) is 16.8 Å². The van der Waals surface area contributed by atoms with E-state index in [9.17, 15) is 14.7 Å². The van der Waals surface area contributed by atoms with Gasteiger partial charge in [-0.1, -0.05) is 36.4 Å². The van der Waals surface area contributed by atoms with Crippen molar-refractivity contribution in [2.75, 3.05) is 44.7 Å². The first kappa shape index (κ1) is 24.1. The van der Waals surface area contributed by atoms with Gasteiger partial charge < -0.3 is 24.5 Å². The molecule has 0 aliphatic carbocycles.